The Morgan fingerprint density at radius 3 is 1.62 bits per heavy atom. The van der Waals surface area contributed by atoms with E-state index < -0.39 is 0 Å². The molecule has 3 heterocycles. The second kappa shape index (κ2) is 6.95. The predicted octanol–water partition coefficient (Wildman–Crippen LogP) is 2.50. The number of nitrogens with one attached hydrogen (secondary N) is 2. The molecule has 0 unspecified atom stereocenters. The van der Waals surface area contributed by atoms with Crippen LogP contribution in [0, 0.1) is 0 Å². The molecular formula is C18H24N4O2. The highest BCUT2D eigenvalue weighted by Crippen LogP contribution is 2.23. The van der Waals surface area contributed by atoms with Crippen LogP contribution < -0.4 is 0 Å². The molecule has 0 bridgehead atoms. The van der Waals surface area contributed by atoms with Crippen molar-refractivity contribution in [2.75, 3.05) is 13.1 Å². The summed E-state index contributed by atoms with van der Waals surface area (Å²) >= 11 is 0. The van der Waals surface area contributed by atoms with Crippen molar-refractivity contribution in [3.63, 3.8) is 0 Å². The van der Waals surface area contributed by atoms with Gasteiger partial charge in [-0.15, -0.1) is 0 Å². The van der Waals surface area contributed by atoms with Crippen LogP contribution in [-0.4, -0.2) is 56.8 Å². The number of carbonyl (C=O) groups excluding carboxylic acids is 2. The van der Waals surface area contributed by atoms with Crippen LogP contribution in [-0.2, 0) is 0 Å². The smallest absolute Gasteiger partial charge is 0.270 e. The highest BCUT2D eigenvalue weighted by Gasteiger charge is 2.37. The standard InChI is InChI=1S/C18H24N4O2/c1-3-13-11-22(18(24)16-8-6-10-20-16)14(4-2)12-21(13)17(23)15-7-5-9-19-15/h5-10,13-14,19-20H,3-4,11-12H2,1-2H3/t13-,14-/m0/s1. The number of H-pyrrole nitrogens is 2. The Labute approximate surface area is 141 Å². The normalized spacial score (nSPS) is 21.1. The van der Waals surface area contributed by atoms with Crippen LogP contribution in [0.25, 0.3) is 0 Å². The Bertz CT molecular complexity index is 618. The van der Waals surface area contributed by atoms with Crippen LogP contribution in [0.4, 0.5) is 0 Å². The first kappa shape index (κ1) is 16.4. The first-order valence-corrected chi connectivity index (χ1v) is 8.54. The third-order valence-electron chi connectivity index (χ3n) is 4.82. The molecule has 1 aliphatic heterocycles. The van der Waals surface area contributed by atoms with Gasteiger partial charge in [-0.25, -0.2) is 0 Å². The van der Waals surface area contributed by atoms with E-state index in [2.05, 4.69) is 23.8 Å². The fourth-order valence-corrected chi connectivity index (χ4v) is 3.38. The van der Waals surface area contributed by atoms with Gasteiger partial charge in [0, 0.05) is 37.6 Å². The van der Waals surface area contributed by atoms with Crippen LogP contribution in [0.2, 0.25) is 0 Å². The lowest BCUT2D eigenvalue weighted by Crippen LogP contribution is -2.61. The van der Waals surface area contributed by atoms with E-state index in [-0.39, 0.29) is 23.9 Å². The predicted molar refractivity (Wildman–Crippen MR) is 91.8 cm³/mol. The summed E-state index contributed by atoms with van der Waals surface area (Å²) in [6, 6.07) is 7.32. The van der Waals surface area contributed by atoms with Crippen molar-refractivity contribution in [2.45, 2.75) is 38.8 Å². The highest BCUT2D eigenvalue weighted by molar-refractivity contribution is 5.94. The first-order chi connectivity index (χ1) is 11.7. The molecule has 0 aliphatic carbocycles. The summed E-state index contributed by atoms with van der Waals surface area (Å²) in [6.07, 6.45) is 5.15. The zero-order valence-electron chi connectivity index (χ0n) is 14.2. The Kier molecular flexibility index (Phi) is 4.74. The Morgan fingerprint density at radius 2 is 1.33 bits per heavy atom. The molecule has 1 fully saturated rings. The summed E-state index contributed by atoms with van der Waals surface area (Å²) in [5.74, 6) is 0.0227. The monoisotopic (exact) mass is 328 g/mol. The van der Waals surface area contributed by atoms with Gasteiger partial charge in [0.05, 0.1) is 0 Å². The fraction of sp³-hybridized carbons (Fsp3) is 0.444. The van der Waals surface area contributed by atoms with Gasteiger partial charge in [0.1, 0.15) is 11.4 Å². The molecule has 6 heteroatoms. The molecule has 2 atom stereocenters. The second-order valence-electron chi connectivity index (χ2n) is 6.21. The van der Waals surface area contributed by atoms with Crippen LogP contribution in [0.1, 0.15) is 47.7 Å². The van der Waals surface area contributed by atoms with Gasteiger partial charge in [0.25, 0.3) is 11.8 Å². The zero-order valence-corrected chi connectivity index (χ0v) is 14.2. The van der Waals surface area contributed by atoms with Gasteiger partial charge in [-0.1, -0.05) is 13.8 Å². The van der Waals surface area contributed by atoms with Crippen molar-refractivity contribution in [1.82, 2.24) is 19.8 Å². The number of hydrogen-bond acceptors (Lipinski definition) is 2. The molecule has 3 rings (SSSR count). The maximum absolute atomic E-state index is 12.8. The molecule has 2 amide bonds. The molecule has 1 saturated heterocycles. The van der Waals surface area contributed by atoms with E-state index in [0.717, 1.165) is 12.8 Å². The zero-order chi connectivity index (χ0) is 17.1. The largest absolute Gasteiger partial charge is 0.357 e. The first-order valence-electron chi connectivity index (χ1n) is 8.54. The molecule has 0 radical (unpaired) electrons. The van der Waals surface area contributed by atoms with Crippen molar-refractivity contribution in [3.8, 4) is 0 Å². The minimum absolute atomic E-state index is 0.0114. The third-order valence-corrected chi connectivity index (χ3v) is 4.82. The van der Waals surface area contributed by atoms with Gasteiger partial charge in [-0.05, 0) is 37.1 Å². The van der Waals surface area contributed by atoms with Gasteiger partial charge in [-0.2, -0.15) is 0 Å². The summed E-state index contributed by atoms with van der Waals surface area (Å²) in [7, 11) is 0. The molecular weight excluding hydrogens is 304 g/mol. The van der Waals surface area contributed by atoms with Crippen LogP contribution in [0.5, 0.6) is 0 Å². The molecule has 0 aromatic carbocycles. The number of rotatable bonds is 4. The molecule has 24 heavy (non-hydrogen) atoms. The average Bonchev–Trinajstić information content (AvgIpc) is 3.32. The van der Waals surface area contributed by atoms with E-state index in [1.807, 2.05) is 21.9 Å². The second-order valence-corrected chi connectivity index (χ2v) is 6.21. The summed E-state index contributed by atoms with van der Waals surface area (Å²) in [4.78, 5) is 35.4. The van der Waals surface area contributed by atoms with Crippen molar-refractivity contribution in [2.24, 2.45) is 0 Å². The quantitative estimate of drug-likeness (QED) is 0.905. The number of aromatic nitrogens is 2. The molecule has 0 spiro atoms. The van der Waals surface area contributed by atoms with Crippen molar-refractivity contribution in [1.29, 1.82) is 0 Å². The van der Waals surface area contributed by atoms with Gasteiger partial charge < -0.3 is 19.8 Å². The van der Waals surface area contributed by atoms with E-state index in [4.69, 9.17) is 0 Å². The minimum Gasteiger partial charge on any atom is -0.357 e. The lowest BCUT2D eigenvalue weighted by atomic mass is 10.0. The van der Waals surface area contributed by atoms with Gasteiger partial charge >= 0.3 is 0 Å². The lowest BCUT2D eigenvalue weighted by Gasteiger charge is -2.46. The lowest BCUT2D eigenvalue weighted by molar-refractivity contribution is 0.0185. The maximum atomic E-state index is 12.8. The Balaban J connectivity index is 1.82. The van der Waals surface area contributed by atoms with Crippen LogP contribution >= 0.6 is 0 Å². The molecule has 0 saturated carbocycles. The van der Waals surface area contributed by atoms with Crippen LogP contribution in [0.3, 0.4) is 0 Å². The summed E-state index contributed by atoms with van der Waals surface area (Å²) in [5, 5.41) is 0. The minimum atomic E-state index is 0.0114. The Hall–Kier alpha value is -2.50. The van der Waals surface area contributed by atoms with Crippen molar-refractivity contribution in [3.05, 3.63) is 48.0 Å². The molecule has 2 N–H and O–H groups in total. The number of carbonyl (C=O) groups is 2. The maximum Gasteiger partial charge on any atom is 0.270 e. The Morgan fingerprint density at radius 1 is 0.917 bits per heavy atom. The molecule has 2 aromatic heterocycles. The van der Waals surface area contributed by atoms with E-state index in [1.54, 1.807) is 24.5 Å². The molecule has 128 valence electrons. The number of piperazine rings is 1. The third kappa shape index (κ3) is 2.96. The van der Waals surface area contributed by atoms with Gasteiger partial charge in [0.2, 0.25) is 0 Å². The summed E-state index contributed by atoms with van der Waals surface area (Å²) < 4.78 is 0. The molecule has 2 aromatic rings. The van der Waals surface area contributed by atoms with E-state index >= 15 is 0 Å². The highest BCUT2D eigenvalue weighted by atomic mass is 16.2. The van der Waals surface area contributed by atoms with Crippen molar-refractivity contribution < 1.29 is 9.59 Å². The average molecular weight is 328 g/mol. The number of aromatic amines is 2. The number of nitrogens with zero attached hydrogens (tertiary/aromatic N) is 2. The van der Waals surface area contributed by atoms with Crippen molar-refractivity contribution >= 4 is 11.8 Å². The summed E-state index contributed by atoms with van der Waals surface area (Å²) in [5.41, 5.74) is 1.21. The van der Waals surface area contributed by atoms with E-state index in [1.165, 1.54) is 0 Å². The SMILES string of the molecule is CC[C@H]1CN(C(=O)c2ccc[nH]2)[C@@H](CC)CN1C(=O)c1ccc[nH]1. The fourth-order valence-electron chi connectivity index (χ4n) is 3.38. The topological polar surface area (TPSA) is 72.2 Å². The van der Waals surface area contributed by atoms with Gasteiger partial charge in [-0.3, -0.25) is 9.59 Å². The molecule has 6 nitrogen and oxygen atoms in total. The van der Waals surface area contributed by atoms with Crippen LogP contribution in [0.15, 0.2) is 36.7 Å². The van der Waals surface area contributed by atoms with Gasteiger partial charge in [0.15, 0.2) is 0 Å². The molecule has 1 aliphatic rings. The number of hydrogen-bond donors (Lipinski definition) is 2. The van der Waals surface area contributed by atoms with E-state index in [9.17, 15) is 9.59 Å². The summed E-state index contributed by atoms with van der Waals surface area (Å²) in [6.45, 7) is 5.26. The van der Waals surface area contributed by atoms with E-state index in [0.29, 0.717) is 24.5 Å². The number of amides is 2.